The summed E-state index contributed by atoms with van der Waals surface area (Å²) in [6, 6.07) is 12.5. The van der Waals surface area contributed by atoms with Gasteiger partial charge in [-0.1, -0.05) is 29.8 Å². The second-order valence-corrected chi connectivity index (χ2v) is 8.71. The molecule has 0 aromatic heterocycles. The summed E-state index contributed by atoms with van der Waals surface area (Å²) in [5, 5.41) is 15.6. The number of anilines is 2. The molecule has 0 heterocycles. The number of amides is 2. The highest BCUT2D eigenvalue weighted by Crippen LogP contribution is 2.28. The van der Waals surface area contributed by atoms with E-state index in [-0.39, 0.29) is 17.6 Å². The third-order valence-corrected chi connectivity index (χ3v) is 6.54. The Bertz CT molecular complexity index is 1010. The van der Waals surface area contributed by atoms with Crippen molar-refractivity contribution in [2.75, 3.05) is 16.4 Å². The molecule has 0 spiro atoms. The highest BCUT2D eigenvalue weighted by molar-refractivity contribution is 8.00. The van der Waals surface area contributed by atoms with E-state index in [1.807, 2.05) is 25.1 Å². The molecule has 162 valence electrons. The maximum atomic E-state index is 12.5. The van der Waals surface area contributed by atoms with Gasteiger partial charge in [0.1, 0.15) is 0 Å². The second-order valence-electron chi connectivity index (χ2n) is 7.26. The number of carbonyl (C=O) groups excluding carboxylic acids is 2. The Morgan fingerprint density at radius 2 is 1.71 bits per heavy atom. The zero-order valence-corrected chi connectivity index (χ0v) is 18.5. The molecule has 1 aliphatic rings. The summed E-state index contributed by atoms with van der Waals surface area (Å²) >= 11 is 7.45. The van der Waals surface area contributed by atoms with Crippen molar-refractivity contribution in [3.63, 3.8) is 0 Å². The molecule has 2 unspecified atom stereocenters. The predicted molar refractivity (Wildman–Crippen MR) is 124 cm³/mol. The number of rotatable bonds is 7. The van der Waals surface area contributed by atoms with E-state index in [4.69, 9.17) is 11.6 Å². The molecule has 0 aliphatic heterocycles. The van der Waals surface area contributed by atoms with Crippen LogP contribution in [0.4, 0.5) is 11.4 Å². The molecule has 8 heteroatoms. The van der Waals surface area contributed by atoms with Crippen molar-refractivity contribution in [2.45, 2.75) is 24.7 Å². The fourth-order valence-corrected chi connectivity index (χ4v) is 4.20. The number of nitrogens with one attached hydrogen (secondary N) is 2. The maximum absolute atomic E-state index is 12.5. The minimum absolute atomic E-state index is 0.141. The van der Waals surface area contributed by atoms with Gasteiger partial charge in [0.15, 0.2) is 0 Å². The van der Waals surface area contributed by atoms with Gasteiger partial charge >= 0.3 is 5.97 Å². The van der Waals surface area contributed by atoms with Crippen LogP contribution in [0.25, 0.3) is 0 Å². The Labute approximate surface area is 190 Å². The van der Waals surface area contributed by atoms with Gasteiger partial charge in [0.2, 0.25) is 11.8 Å². The van der Waals surface area contributed by atoms with Gasteiger partial charge in [-0.15, -0.1) is 11.8 Å². The van der Waals surface area contributed by atoms with Crippen molar-refractivity contribution in [1.82, 2.24) is 0 Å². The van der Waals surface area contributed by atoms with Gasteiger partial charge in [0.25, 0.3) is 0 Å². The average molecular weight is 459 g/mol. The number of carboxylic acid groups (broad SMARTS) is 1. The predicted octanol–water partition coefficient (Wildman–Crippen LogP) is 4.98. The monoisotopic (exact) mass is 458 g/mol. The molecule has 3 rings (SSSR count). The van der Waals surface area contributed by atoms with Crippen molar-refractivity contribution in [1.29, 1.82) is 0 Å². The van der Waals surface area contributed by atoms with Crippen LogP contribution in [-0.2, 0) is 14.4 Å². The molecule has 6 nitrogen and oxygen atoms in total. The molecule has 31 heavy (non-hydrogen) atoms. The van der Waals surface area contributed by atoms with Crippen molar-refractivity contribution >= 4 is 52.5 Å². The van der Waals surface area contributed by atoms with Gasteiger partial charge in [0, 0.05) is 21.3 Å². The van der Waals surface area contributed by atoms with E-state index >= 15 is 0 Å². The Morgan fingerprint density at radius 1 is 1.03 bits per heavy atom. The number of carboxylic acids is 1. The Balaban J connectivity index is 1.52. The molecular weight excluding hydrogens is 436 g/mol. The van der Waals surface area contributed by atoms with E-state index in [1.165, 1.54) is 11.8 Å². The van der Waals surface area contributed by atoms with E-state index in [1.54, 1.807) is 36.4 Å². The van der Waals surface area contributed by atoms with Crippen LogP contribution in [0.3, 0.4) is 0 Å². The van der Waals surface area contributed by atoms with Gasteiger partial charge in [-0.2, -0.15) is 0 Å². The number of halogens is 1. The minimum atomic E-state index is -0.956. The van der Waals surface area contributed by atoms with Crippen molar-refractivity contribution in [3.05, 3.63) is 65.2 Å². The molecule has 2 amide bonds. The molecule has 3 N–H and O–H groups in total. The first-order valence-electron chi connectivity index (χ1n) is 9.81. The SMILES string of the molecule is Cc1c(Cl)cccc1NC(=O)CSc1ccc(NC(=O)C2CC=CCC2C(=O)O)cc1. The quantitative estimate of drug-likeness (QED) is 0.401. The van der Waals surface area contributed by atoms with Crippen LogP contribution in [0.1, 0.15) is 18.4 Å². The fraction of sp³-hybridized carbons (Fsp3) is 0.261. The highest BCUT2D eigenvalue weighted by atomic mass is 35.5. The molecule has 0 saturated heterocycles. The lowest BCUT2D eigenvalue weighted by molar-refractivity contribution is -0.146. The molecule has 2 atom stereocenters. The lowest BCUT2D eigenvalue weighted by Gasteiger charge is -2.24. The smallest absolute Gasteiger partial charge is 0.307 e. The first kappa shape index (κ1) is 22.9. The standard InChI is InChI=1S/C23H23ClN2O4S/c1-14-19(24)7-4-8-20(14)26-21(27)13-31-16-11-9-15(10-12-16)25-22(28)17-5-2-3-6-18(17)23(29)30/h2-4,7-12,17-18H,5-6,13H2,1H3,(H,25,28)(H,26,27)(H,29,30). The number of aliphatic carboxylic acids is 1. The van der Waals surface area contributed by atoms with Crippen LogP contribution >= 0.6 is 23.4 Å². The molecule has 1 aliphatic carbocycles. The van der Waals surface area contributed by atoms with Crippen LogP contribution in [0.2, 0.25) is 5.02 Å². The minimum Gasteiger partial charge on any atom is -0.481 e. The normalized spacial score (nSPS) is 17.7. The fourth-order valence-electron chi connectivity index (χ4n) is 3.32. The highest BCUT2D eigenvalue weighted by Gasteiger charge is 2.33. The molecule has 0 bridgehead atoms. The summed E-state index contributed by atoms with van der Waals surface area (Å²) < 4.78 is 0. The molecular formula is C23H23ClN2O4S. The van der Waals surface area contributed by atoms with Crippen molar-refractivity contribution < 1.29 is 19.5 Å². The first-order valence-corrected chi connectivity index (χ1v) is 11.2. The van der Waals surface area contributed by atoms with E-state index in [9.17, 15) is 19.5 Å². The van der Waals surface area contributed by atoms with Crippen molar-refractivity contribution in [3.8, 4) is 0 Å². The molecule has 0 radical (unpaired) electrons. The number of carbonyl (C=O) groups is 3. The molecule has 0 saturated carbocycles. The lowest BCUT2D eigenvalue weighted by Crippen LogP contribution is -2.34. The Hall–Kier alpha value is -2.77. The van der Waals surface area contributed by atoms with Gasteiger partial charge in [-0.05, 0) is 61.7 Å². The van der Waals surface area contributed by atoms with E-state index in [0.29, 0.717) is 29.2 Å². The van der Waals surface area contributed by atoms with Gasteiger partial charge < -0.3 is 15.7 Å². The summed E-state index contributed by atoms with van der Waals surface area (Å²) in [5.74, 6) is -2.46. The topological polar surface area (TPSA) is 95.5 Å². The summed E-state index contributed by atoms with van der Waals surface area (Å²) in [6.07, 6.45) is 4.43. The van der Waals surface area contributed by atoms with Crippen LogP contribution in [0.15, 0.2) is 59.5 Å². The second kappa shape index (κ2) is 10.5. The number of hydrogen-bond donors (Lipinski definition) is 3. The van der Waals surface area contributed by atoms with Crippen molar-refractivity contribution in [2.24, 2.45) is 11.8 Å². The molecule has 0 fully saturated rings. The van der Waals surface area contributed by atoms with Gasteiger partial charge in [-0.3, -0.25) is 14.4 Å². The molecule has 2 aromatic carbocycles. The summed E-state index contributed by atoms with van der Waals surface area (Å²) in [6.45, 7) is 1.85. The summed E-state index contributed by atoms with van der Waals surface area (Å²) in [7, 11) is 0. The number of hydrogen-bond acceptors (Lipinski definition) is 4. The third kappa shape index (κ3) is 6.12. The number of allylic oxidation sites excluding steroid dienone is 2. The zero-order valence-electron chi connectivity index (χ0n) is 16.9. The first-order chi connectivity index (χ1) is 14.8. The maximum Gasteiger partial charge on any atom is 0.307 e. The van der Waals surface area contributed by atoms with Gasteiger partial charge in [0.05, 0.1) is 17.6 Å². The summed E-state index contributed by atoms with van der Waals surface area (Å²) in [4.78, 5) is 37.0. The average Bonchev–Trinajstić information content (AvgIpc) is 2.76. The van der Waals surface area contributed by atoms with Crippen LogP contribution < -0.4 is 10.6 Å². The van der Waals surface area contributed by atoms with E-state index < -0.39 is 17.8 Å². The summed E-state index contributed by atoms with van der Waals surface area (Å²) in [5.41, 5.74) is 2.10. The van der Waals surface area contributed by atoms with Crippen LogP contribution in [-0.4, -0.2) is 28.6 Å². The Morgan fingerprint density at radius 3 is 2.39 bits per heavy atom. The number of thioether (sulfide) groups is 1. The molecule has 2 aromatic rings. The van der Waals surface area contributed by atoms with Crippen LogP contribution in [0.5, 0.6) is 0 Å². The van der Waals surface area contributed by atoms with Gasteiger partial charge in [-0.25, -0.2) is 0 Å². The third-order valence-electron chi connectivity index (χ3n) is 5.12. The van der Waals surface area contributed by atoms with E-state index in [0.717, 1.165) is 10.5 Å². The Kier molecular flexibility index (Phi) is 7.76. The largest absolute Gasteiger partial charge is 0.481 e. The lowest BCUT2D eigenvalue weighted by atomic mass is 9.82. The van der Waals surface area contributed by atoms with E-state index in [2.05, 4.69) is 10.6 Å². The zero-order chi connectivity index (χ0) is 22.4. The number of benzene rings is 2. The van der Waals surface area contributed by atoms with Crippen LogP contribution in [0, 0.1) is 18.8 Å².